The van der Waals surface area contributed by atoms with Crippen LogP contribution in [-0.4, -0.2) is 88.8 Å². The second-order valence-corrected chi connectivity index (χ2v) is 13.5. The second kappa shape index (κ2) is 14.7. The molecule has 3 amide bonds. The molecule has 9 nitrogen and oxygen atoms in total. The molecular formula is C37H55N3O6. The van der Waals surface area contributed by atoms with Gasteiger partial charge in [-0.1, -0.05) is 59.1 Å². The fraction of sp³-hybridized carbons (Fsp3) is 0.649. The number of nitrogens with zero attached hydrogens (tertiary/aromatic N) is 3. The number of likely N-dealkylation sites (tertiary alicyclic amines) is 1. The van der Waals surface area contributed by atoms with E-state index in [-0.39, 0.29) is 42.7 Å². The lowest BCUT2D eigenvalue weighted by Gasteiger charge is -2.41. The van der Waals surface area contributed by atoms with Gasteiger partial charge in [0.2, 0.25) is 17.7 Å². The molecule has 3 saturated heterocycles. The minimum Gasteiger partial charge on any atom is -0.494 e. The standard InChI is InChI=1S/C37H55N3O6/c1-9-14-15-22-38(20-10-2)35(44)32-37-23-26(7)36(8,46-37)30(31(37)34(43)40(32)29(24-41)25(6)12-4)33(42)39(21-11-3)27-16-18-28(19-17-27)45-13-5/h10-11,16-19,25-26,29-32,41H,2-3,9,12-15,20-24H2,1,4-8H3/t25-,26?,29-,30+,31-,32?,36-,37?/m0/s1. The van der Waals surface area contributed by atoms with Crippen LogP contribution in [0.1, 0.15) is 73.6 Å². The number of amides is 3. The summed E-state index contributed by atoms with van der Waals surface area (Å²) in [5.41, 5.74) is -1.51. The molecule has 9 heteroatoms. The summed E-state index contributed by atoms with van der Waals surface area (Å²) < 4.78 is 12.6. The van der Waals surface area contributed by atoms with Crippen molar-refractivity contribution >= 4 is 23.4 Å². The zero-order chi connectivity index (χ0) is 33.8. The largest absolute Gasteiger partial charge is 0.494 e. The summed E-state index contributed by atoms with van der Waals surface area (Å²) >= 11 is 0. The van der Waals surface area contributed by atoms with Gasteiger partial charge in [-0.05, 0) is 62.8 Å². The zero-order valence-corrected chi connectivity index (χ0v) is 28.7. The number of benzene rings is 1. The van der Waals surface area contributed by atoms with E-state index in [0.717, 1.165) is 19.3 Å². The van der Waals surface area contributed by atoms with Crippen LogP contribution in [-0.2, 0) is 19.1 Å². The molecule has 3 aliphatic rings. The fourth-order valence-corrected chi connectivity index (χ4v) is 8.19. The highest BCUT2D eigenvalue weighted by Gasteiger charge is 2.80. The number of anilines is 1. The molecule has 1 aromatic carbocycles. The smallest absolute Gasteiger partial charge is 0.248 e. The highest BCUT2D eigenvalue weighted by atomic mass is 16.5. The minimum atomic E-state index is -1.20. The summed E-state index contributed by atoms with van der Waals surface area (Å²) in [4.78, 5) is 49.5. The Balaban J connectivity index is 1.84. The SMILES string of the molecule is C=CCN(CCCCC)C(=O)C1N([C@@H](CO)[C@@H](C)CC)C(=O)[C@@H]2[C@H](C(=O)N(CC=C)c3ccc(OCC)cc3)[C@@]3(C)OC12CC3C. The normalized spacial score (nSPS) is 29.3. The monoisotopic (exact) mass is 637 g/mol. The predicted octanol–water partition coefficient (Wildman–Crippen LogP) is 5.23. The summed E-state index contributed by atoms with van der Waals surface area (Å²) in [6.45, 7) is 21.2. The van der Waals surface area contributed by atoms with Crippen molar-refractivity contribution in [1.29, 1.82) is 0 Å². The van der Waals surface area contributed by atoms with Crippen molar-refractivity contribution in [2.75, 3.05) is 37.7 Å². The summed E-state index contributed by atoms with van der Waals surface area (Å²) in [5.74, 6) is -1.91. The van der Waals surface area contributed by atoms with Crippen molar-refractivity contribution in [3.05, 3.63) is 49.6 Å². The third-order valence-electron chi connectivity index (χ3n) is 10.8. The molecule has 3 aliphatic heterocycles. The van der Waals surface area contributed by atoms with Crippen molar-refractivity contribution in [3.8, 4) is 5.75 Å². The molecule has 0 aliphatic carbocycles. The van der Waals surface area contributed by atoms with E-state index in [4.69, 9.17) is 9.47 Å². The fourth-order valence-electron chi connectivity index (χ4n) is 8.19. The summed E-state index contributed by atoms with van der Waals surface area (Å²) in [6, 6.07) is 5.78. The van der Waals surface area contributed by atoms with Crippen LogP contribution in [0, 0.1) is 23.7 Å². The summed E-state index contributed by atoms with van der Waals surface area (Å²) in [6.07, 6.45) is 7.38. The van der Waals surface area contributed by atoms with E-state index in [1.807, 2.05) is 52.0 Å². The van der Waals surface area contributed by atoms with Gasteiger partial charge in [-0.3, -0.25) is 14.4 Å². The molecule has 3 fully saturated rings. The van der Waals surface area contributed by atoms with E-state index >= 15 is 0 Å². The molecule has 0 aromatic heterocycles. The number of aliphatic hydroxyl groups is 1. The average molecular weight is 638 g/mol. The Morgan fingerprint density at radius 2 is 1.80 bits per heavy atom. The van der Waals surface area contributed by atoms with Gasteiger partial charge in [-0.15, -0.1) is 13.2 Å². The number of hydrogen-bond acceptors (Lipinski definition) is 6. The first kappa shape index (κ1) is 35.7. The van der Waals surface area contributed by atoms with Crippen LogP contribution in [0.15, 0.2) is 49.6 Å². The van der Waals surface area contributed by atoms with Crippen molar-refractivity contribution < 1.29 is 29.0 Å². The maximum atomic E-state index is 14.9. The van der Waals surface area contributed by atoms with Gasteiger partial charge >= 0.3 is 0 Å². The average Bonchev–Trinajstić information content (AvgIpc) is 3.56. The lowest BCUT2D eigenvalue weighted by Crippen LogP contribution is -2.60. The molecule has 2 bridgehead atoms. The first-order chi connectivity index (χ1) is 22.0. The number of aliphatic hydroxyl groups excluding tert-OH is 1. The minimum absolute atomic E-state index is 0.0760. The Hall–Kier alpha value is -3.17. The van der Waals surface area contributed by atoms with Crippen LogP contribution in [0.25, 0.3) is 0 Å². The second-order valence-electron chi connectivity index (χ2n) is 13.5. The summed E-state index contributed by atoms with van der Waals surface area (Å²) in [7, 11) is 0. The molecule has 8 atom stereocenters. The van der Waals surface area contributed by atoms with Crippen LogP contribution in [0.4, 0.5) is 5.69 Å². The van der Waals surface area contributed by atoms with Crippen molar-refractivity contribution in [1.82, 2.24) is 9.80 Å². The Morgan fingerprint density at radius 1 is 1.13 bits per heavy atom. The molecule has 1 spiro atoms. The van der Waals surface area contributed by atoms with Gasteiger partial charge in [-0.2, -0.15) is 0 Å². The van der Waals surface area contributed by atoms with Crippen LogP contribution in [0.3, 0.4) is 0 Å². The highest BCUT2D eigenvalue weighted by molar-refractivity contribution is 6.03. The molecular weight excluding hydrogens is 582 g/mol. The molecule has 4 rings (SSSR count). The maximum Gasteiger partial charge on any atom is 0.248 e. The van der Waals surface area contributed by atoms with Crippen molar-refractivity contribution in [2.45, 2.75) is 96.9 Å². The Kier molecular flexibility index (Phi) is 11.4. The molecule has 1 aromatic rings. The number of unbranched alkanes of at least 4 members (excludes halogenated alkanes) is 2. The Bertz CT molecular complexity index is 1270. The first-order valence-electron chi connectivity index (χ1n) is 17.2. The van der Waals surface area contributed by atoms with Crippen LogP contribution < -0.4 is 9.64 Å². The Labute approximate surface area is 275 Å². The van der Waals surface area contributed by atoms with E-state index in [0.29, 0.717) is 44.0 Å². The van der Waals surface area contributed by atoms with E-state index in [1.165, 1.54) is 0 Å². The number of fused-ring (bicyclic) bond motifs is 1. The molecule has 1 N–H and O–H groups in total. The number of rotatable bonds is 17. The topological polar surface area (TPSA) is 99.6 Å². The molecule has 0 radical (unpaired) electrons. The van der Waals surface area contributed by atoms with E-state index < -0.39 is 35.1 Å². The van der Waals surface area contributed by atoms with Crippen molar-refractivity contribution in [3.63, 3.8) is 0 Å². The van der Waals surface area contributed by atoms with E-state index in [2.05, 4.69) is 27.0 Å². The van der Waals surface area contributed by atoms with Gasteiger partial charge in [0.1, 0.15) is 17.4 Å². The first-order valence-corrected chi connectivity index (χ1v) is 17.2. The van der Waals surface area contributed by atoms with Gasteiger partial charge in [-0.25, -0.2) is 0 Å². The summed E-state index contributed by atoms with van der Waals surface area (Å²) in [5, 5.41) is 10.7. The van der Waals surface area contributed by atoms with Gasteiger partial charge in [0, 0.05) is 25.3 Å². The lowest BCUT2D eigenvalue weighted by atomic mass is 9.62. The molecule has 46 heavy (non-hydrogen) atoms. The maximum absolute atomic E-state index is 14.9. The molecule has 254 valence electrons. The Morgan fingerprint density at radius 3 is 2.37 bits per heavy atom. The highest BCUT2D eigenvalue weighted by Crippen LogP contribution is 2.66. The number of carbonyl (C=O) groups is 3. The third kappa shape index (κ3) is 6.01. The molecule has 0 saturated carbocycles. The molecule has 3 heterocycles. The predicted molar refractivity (Wildman–Crippen MR) is 180 cm³/mol. The van der Waals surface area contributed by atoms with E-state index in [9.17, 15) is 19.5 Å². The molecule has 3 unspecified atom stereocenters. The van der Waals surface area contributed by atoms with Crippen LogP contribution in [0.2, 0.25) is 0 Å². The zero-order valence-electron chi connectivity index (χ0n) is 28.7. The number of hydrogen-bond donors (Lipinski definition) is 1. The van der Waals surface area contributed by atoms with Gasteiger partial charge in [0.25, 0.3) is 0 Å². The quantitative estimate of drug-likeness (QED) is 0.186. The lowest BCUT2D eigenvalue weighted by molar-refractivity contribution is -0.156. The number of carbonyl (C=O) groups excluding carboxylic acids is 3. The van der Waals surface area contributed by atoms with Crippen LogP contribution >= 0.6 is 0 Å². The van der Waals surface area contributed by atoms with Gasteiger partial charge < -0.3 is 29.3 Å². The van der Waals surface area contributed by atoms with Gasteiger partial charge in [0.05, 0.1) is 36.7 Å². The third-order valence-corrected chi connectivity index (χ3v) is 10.8. The van der Waals surface area contributed by atoms with Crippen LogP contribution in [0.5, 0.6) is 5.75 Å². The van der Waals surface area contributed by atoms with Crippen molar-refractivity contribution in [2.24, 2.45) is 23.7 Å². The van der Waals surface area contributed by atoms with Gasteiger partial charge in [0.15, 0.2) is 0 Å². The van der Waals surface area contributed by atoms with E-state index in [1.54, 1.807) is 26.9 Å². The number of ether oxygens (including phenoxy) is 2.